The van der Waals surface area contributed by atoms with Gasteiger partial charge >= 0.3 is 12.4 Å². The van der Waals surface area contributed by atoms with Crippen LogP contribution in [0.1, 0.15) is 30.0 Å². The van der Waals surface area contributed by atoms with Crippen molar-refractivity contribution < 1.29 is 31.1 Å². The minimum atomic E-state index is -4.86. The molecular weight excluding hydrogens is 424 g/mol. The number of hydrogen-bond donors (Lipinski definition) is 1. The third kappa shape index (κ3) is 7.51. The van der Waals surface area contributed by atoms with E-state index in [0.29, 0.717) is 18.2 Å². The van der Waals surface area contributed by atoms with Crippen molar-refractivity contribution in [1.29, 1.82) is 5.26 Å². The molecule has 31 heavy (non-hydrogen) atoms. The molecule has 4 nitrogen and oxygen atoms in total. The molecule has 2 rings (SSSR count). The zero-order chi connectivity index (χ0) is 23.2. The van der Waals surface area contributed by atoms with E-state index in [4.69, 9.17) is 5.26 Å². The van der Waals surface area contributed by atoms with Gasteiger partial charge in [0.25, 0.3) is 0 Å². The number of nitriles is 1. The molecule has 1 N–H and O–H groups in total. The molecule has 166 valence electrons. The number of carbonyl (C=O) groups excluding carboxylic acids is 1. The lowest BCUT2D eigenvalue weighted by Gasteiger charge is -2.27. The Labute approximate surface area is 175 Å². The molecule has 0 radical (unpaired) electrons. The van der Waals surface area contributed by atoms with Gasteiger partial charge in [0.05, 0.1) is 17.2 Å². The topological polar surface area (TPSA) is 56.1 Å². The van der Waals surface area contributed by atoms with Crippen molar-refractivity contribution >= 4 is 17.3 Å². The van der Waals surface area contributed by atoms with E-state index in [1.807, 2.05) is 0 Å². The van der Waals surface area contributed by atoms with Crippen LogP contribution in [0.25, 0.3) is 0 Å². The molecule has 2 aromatic carbocycles. The van der Waals surface area contributed by atoms with Crippen molar-refractivity contribution in [1.82, 2.24) is 0 Å². The van der Waals surface area contributed by atoms with Crippen molar-refractivity contribution in [2.45, 2.75) is 32.1 Å². The summed E-state index contributed by atoms with van der Waals surface area (Å²) in [4.78, 5) is 11.8. The summed E-state index contributed by atoms with van der Waals surface area (Å²) in [5, 5.41) is 11.5. The molecule has 0 spiro atoms. The largest absolute Gasteiger partial charge is 0.417 e. The minimum absolute atomic E-state index is 0.143. The van der Waals surface area contributed by atoms with Crippen molar-refractivity contribution in [2.75, 3.05) is 23.3 Å². The summed E-state index contributed by atoms with van der Waals surface area (Å²) in [6.07, 6.45) is -8.85. The van der Waals surface area contributed by atoms with Crippen LogP contribution in [-0.4, -0.2) is 25.2 Å². The molecule has 2 aromatic rings. The summed E-state index contributed by atoms with van der Waals surface area (Å²) in [5.41, 5.74) is -0.801. The second kappa shape index (κ2) is 9.73. The third-order valence-electron chi connectivity index (χ3n) is 4.33. The quantitative estimate of drug-likeness (QED) is 0.572. The molecular formula is C21H19F6N3O. The van der Waals surface area contributed by atoms with Gasteiger partial charge in [-0.25, -0.2) is 0 Å². The summed E-state index contributed by atoms with van der Waals surface area (Å²) in [5.74, 6) is -0.240. The second-order valence-electron chi connectivity index (χ2n) is 6.86. The van der Waals surface area contributed by atoms with Crippen molar-refractivity contribution in [3.05, 3.63) is 59.2 Å². The van der Waals surface area contributed by atoms with Gasteiger partial charge in [0, 0.05) is 24.8 Å². The molecule has 0 saturated carbocycles. The number of rotatable bonds is 7. The van der Waals surface area contributed by atoms with Crippen LogP contribution in [0, 0.1) is 11.3 Å². The van der Waals surface area contributed by atoms with Gasteiger partial charge in [-0.2, -0.15) is 31.6 Å². The van der Waals surface area contributed by atoms with Gasteiger partial charge in [0.1, 0.15) is 6.54 Å². The summed E-state index contributed by atoms with van der Waals surface area (Å²) in [6, 6.07) is 10.7. The maximum atomic E-state index is 13.2. The number of carbonyl (C=O) groups is 1. The monoisotopic (exact) mass is 443 g/mol. The first-order valence-electron chi connectivity index (χ1n) is 9.18. The van der Waals surface area contributed by atoms with E-state index in [1.165, 1.54) is 13.0 Å². The minimum Gasteiger partial charge on any atom is -0.363 e. The Morgan fingerprint density at radius 3 is 2.23 bits per heavy atom. The smallest absolute Gasteiger partial charge is 0.363 e. The molecule has 0 aliphatic rings. The number of alkyl halides is 6. The van der Waals surface area contributed by atoms with Crippen molar-refractivity contribution in [2.24, 2.45) is 0 Å². The van der Waals surface area contributed by atoms with Crippen LogP contribution in [0.15, 0.2) is 42.5 Å². The Kier molecular flexibility index (Phi) is 7.55. The number of nitrogens with one attached hydrogen (secondary N) is 1. The molecule has 0 aromatic heterocycles. The lowest BCUT2D eigenvalue weighted by molar-refractivity contribution is -0.137. The number of aryl methyl sites for hydroxylation is 1. The zero-order valence-corrected chi connectivity index (χ0v) is 16.4. The fourth-order valence-electron chi connectivity index (χ4n) is 3.01. The Morgan fingerprint density at radius 2 is 1.71 bits per heavy atom. The Balaban J connectivity index is 2.16. The third-order valence-corrected chi connectivity index (χ3v) is 4.33. The zero-order valence-electron chi connectivity index (χ0n) is 16.4. The molecule has 0 heterocycles. The highest BCUT2D eigenvalue weighted by molar-refractivity contribution is 5.88. The molecule has 0 saturated heterocycles. The highest BCUT2D eigenvalue weighted by atomic mass is 19.4. The van der Waals surface area contributed by atoms with Crippen molar-refractivity contribution in [3.63, 3.8) is 0 Å². The average molecular weight is 443 g/mol. The van der Waals surface area contributed by atoms with E-state index < -0.39 is 30.0 Å². The Bertz CT molecular complexity index is 946. The number of anilines is 2. The first kappa shape index (κ1) is 24.1. The van der Waals surface area contributed by atoms with Gasteiger partial charge < -0.3 is 10.2 Å². The predicted molar refractivity (Wildman–Crippen MR) is 103 cm³/mol. The van der Waals surface area contributed by atoms with Gasteiger partial charge in [0.2, 0.25) is 5.91 Å². The van der Waals surface area contributed by atoms with Crippen LogP contribution in [-0.2, 0) is 17.4 Å². The summed E-state index contributed by atoms with van der Waals surface area (Å²) < 4.78 is 78.6. The highest BCUT2D eigenvalue weighted by Gasteiger charge is 2.35. The number of amides is 1. The van der Waals surface area contributed by atoms with Gasteiger partial charge in [-0.3, -0.25) is 4.79 Å². The summed E-state index contributed by atoms with van der Waals surface area (Å²) in [6.45, 7) is -0.204. The van der Waals surface area contributed by atoms with E-state index in [9.17, 15) is 31.1 Å². The van der Waals surface area contributed by atoms with Gasteiger partial charge in [-0.05, 0) is 48.7 Å². The molecule has 0 aliphatic carbocycles. The first-order valence-corrected chi connectivity index (χ1v) is 9.18. The standard InChI is InChI=1S/C21H19F6N3O/c1-14(31)29-17-7-4-15(5-8-17)3-2-10-30(13-20(22,23)24)18-9-6-16(12-28)19(11-18)21(25,26)27/h4-9,11H,2-3,10,13H2,1H3,(H,29,31). The fraction of sp³-hybridized carbons (Fsp3) is 0.333. The summed E-state index contributed by atoms with van der Waals surface area (Å²) >= 11 is 0. The highest BCUT2D eigenvalue weighted by Crippen LogP contribution is 2.35. The van der Waals surface area contributed by atoms with Crippen LogP contribution in [0.3, 0.4) is 0 Å². The first-order chi connectivity index (χ1) is 14.4. The van der Waals surface area contributed by atoms with E-state index in [-0.39, 0.29) is 24.6 Å². The predicted octanol–water partition coefficient (Wildman–Crippen LogP) is 5.54. The molecule has 1 amide bonds. The molecule has 0 fully saturated rings. The Hall–Kier alpha value is -3.22. The molecule has 0 unspecified atom stereocenters. The van der Waals surface area contributed by atoms with Crippen LogP contribution in [0.2, 0.25) is 0 Å². The second-order valence-corrected chi connectivity index (χ2v) is 6.86. The normalized spacial score (nSPS) is 11.7. The fourth-order valence-corrected chi connectivity index (χ4v) is 3.01. The van der Waals surface area contributed by atoms with E-state index in [0.717, 1.165) is 22.6 Å². The van der Waals surface area contributed by atoms with Gasteiger partial charge in [-0.15, -0.1) is 0 Å². The van der Waals surface area contributed by atoms with E-state index >= 15 is 0 Å². The van der Waals surface area contributed by atoms with Gasteiger partial charge in [-0.1, -0.05) is 12.1 Å². The van der Waals surface area contributed by atoms with Crippen LogP contribution in [0.4, 0.5) is 37.7 Å². The number of nitrogens with zero attached hydrogens (tertiary/aromatic N) is 2. The number of halogens is 6. The lowest BCUT2D eigenvalue weighted by atomic mass is 10.1. The molecule has 10 heteroatoms. The number of benzene rings is 2. The SMILES string of the molecule is CC(=O)Nc1ccc(CCCN(CC(F)(F)F)c2ccc(C#N)c(C(F)(F)F)c2)cc1. The summed E-state index contributed by atoms with van der Waals surface area (Å²) in [7, 11) is 0. The lowest BCUT2D eigenvalue weighted by Crippen LogP contribution is -2.35. The van der Waals surface area contributed by atoms with Crippen LogP contribution < -0.4 is 10.2 Å². The maximum Gasteiger partial charge on any atom is 0.417 e. The van der Waals surface area contributed by atoms with Crippen LogP contribution in [0.5, 0.6) is 0 Å². The number of hydrogen-bond acceptors (Lipinski definition) is 3. The molecule has 0 bridgehead atoms. The Morgan fingerprint density at radius 1 is 1.06 bits per heavy atom. The van der Waals surface area contributed by atoms with Gasteiger partial charge in [0.15, 0.2) is 0 Å². The van der Waals surface area contributed by atoms with Crippen LogP contribution >= 0.6 is 0 Å². The molecule has 0 atom stereocenters. The molecule has 0 aliphatic heterocycles. The van der Waals surface area contributed by atoms with E-state index in [2.05, 4.69) is 5.32 Å². The maximum absolute atomic E-state index is 13.2. The van der Waals surface area contributed by atoms with E-state index in [1.54, 1.807) is 24.3 Å². The average Bonchev–Trinajstić information content (AvgIpc) is 2.66. The van der Waals surface area contributed by atoms with Crippen molar-refractivity contribution in [3.8, 4) is 6.07 Å².